The summed E-state index contributed by atoms with van der Waals surface area (Å²) in [6.07, 6.45) is -16.9. The van der Waals surface area contributed by atoms with E-state index in [0.29, 0.717) is 4.90 Å². The van der Waals surface area contributed by atoms with Crippen LogP contribution in [0.3, 0.4) is 0 Å². The Morgan fingerprint density at radius 2 is 1.30 bits per heavy atom. The monoisotopic (exact) mass is 548 g/mol. The molecule has 0 aromatic heterocycles. The van der Waals surface area contributed by atoms with Gasteiger partial charge in [0, 0.05) is 5.54 Å². The Hall–Kier alpha value is -1.68. The van der Waals surface area contributed by atoms with Crippen LogP contribution in [0, 0.1) is 5.92 Å². The van der Waals surface area contributed by atoms with Gasteiger partial charge in [0.25, 0.3) is 5.91 Å². The Morgan fingerprint density at radius 1 is 0.811 bits per heavy atom. The first-order valence-corrected chi connectivity index (χ1v) is 11.7. The summed E-state index contributed by atoms with van der Waals surface area (Å²) in [5.41, 5.74) is -1.40. The molecular formula is C22H30F6N2O7. The number of imide groups is 1. The summed E-state index contributed by atoms with van der Waals surface area (Å²) in [5.74, 6) is -8.05. The fourth-order valence-electron chi connectivity index (χ4n) is 5.32. The zero-order valence-electron chi connectivity index (χ0n) is 21.3. The minimum absolute atomic E-state index is 0.275. The fourth-order valence-corrected chi connectivity index (χ4v) is 5.32. The van der Waals surface area contributed by atoms with Crippen LogP contribution in [0.1, 0.15) is 48.5 Å². The van der Waals surface area contributed by atoms with Crippen LogP contribution in [-0.4, -0.2) is 94.5 Å². The van der Waals surface area contributed by atoms with Gasteiger partial charge in [0.15, 0.2) is 23.8 Å². The second-order valence-electron chi connectivity index (χ2n) is 11.5. The number of ether oxygens (including phenoxy) is 5. The van der Waals surface area contributed by atoms with E-state index >= 15 is 0 Å². The molecule has 4 aliphatic heterocycles. The molecule has 4 aliphatic rings. The Balaban J connectivity index is 1.73. The first-order chi connectivity index (χ1) is 16.5. The van der Waals surface area contributed by atoms with Crippen molar-refractivity contribution in [2.24, 2.45) is 5.92 Å². The molecule has 9 nitrogen and oxygen atoms in total. The number of fused-ring (bicyclic) bond motifs is 3. The zero-order valence-corrected chi connectivity index (χ0v) is 21.3. The molecule has 0 N–H and O–H groups in total. The van der Waals surface area contributed by atoms with Crippen molar-refractivity contribution in [1.29, 1.82) is 0 Å². The van der Waals surface area contributed by atoms with Crippen molar-refractivity contribution in [3.63, 3.8) is 0 Å². The van der Waals surface area contributed by atoms with Gasteiger partial charge in [-0.3, -0.25) is 9.69 Å². The van der Waals surface area contributed by atoms with Gasteiger partial charge in [-0.2, -0.15) is 26.3 Å². The van der Waals surface area contributed by atoms with Crippen LogP contribution in [0.25, 0.3) is 0 Å². The van der Waals surface area contributed by atoms with Gasteiger partial charge in [0.05, 0.1) is 6.54 Å². The molecule has 0 aromatic rings. The molecule has 4 saturated heterocycles. The Morgan fingerprint density at radius 3 is 1.81 bits per heavy atom. The van der Waals surface area contributed by atoms with Crippen molar-refractivity contribution in [1.82, 2.24) is 9.80 Å². The van der Waals surface area contributed by atoms with Crippen molar-refractivity contribution in [2.75, 3.05) is 6.54 Å². The molecule has 4 fully saturated rings. The Labute approximate surface area is 209 Å². The lowest BCUT2D eigenvalue weighted by Crippen LogP contribution is -2.60. The summed E-state index contributed by atoms with van der Waals surface area (Å²) < 4.78 is 112. The first-order valence-electron chi connectivity index (χ1n) is 11.7. The van der Waals surface area contributed by atoms with Gasteiger partial charge in [0.2, 0.25) is 0 Å². The van der Waals surface area contributed by atoms with Crippen molar-refractivity contribution >= 4 is 11.9 Å². The van der Waals surface area contributed by atoms with E-state index in [9.17, 15) is 35.9 Å². The third-order valence-corrected chi connectivity index (χ3v) is 6.57. The number of nitrogens with zero attached hydrogens (tertiary/aromatic N) is 2. The lowest BCUT2D eigenvalue weighted by atomic mass is 9.94. The summed E-state index contributed by atoms with van der Waals surface area (Å²) >= 11 is 0. The van der Waals surface area contributed by atoms with E-state index in [1.807, 2.05) is 0 Å². The van der Waals surface area contributed by atoms with Gasteiger partial charge in [-0.25, -0.2) is 4.79 Å². The molecule has 212 valence electrons. The molecule has 6 atom stereocenters. The van der Waals surface area contributed by atoms with Crippen LogP contribution in [0.15, 0.2) is 0 Å². The molecule has 0 unspecified atom stereocenters. The number of carbonyl (C=O) groups excluding carboxylic acids is 2. The largest absolute Gasteiger partial charge is 0.403 e. The smallest absolute Gasteiger partial charge is 0.342 e. The fraction of sp³-hybridized carbons (Fsp3) is 0.909. The van der Waals surface area contributed by atoms with Crippen molar-refractivity contribution < 1.29 is 59.6 Å². The number of alkyl halides is 6. The van der Waals surface area contributed by atoms with Crippen LogP contribution < -0.4 is 0 Å². The summed E-state index contributed by atoms with van der Waals surface area (Å²) in [4.78, 5) is 27.0. The van der Waals surface area contributed by atoms with Gasteiger partial charge in [-0.1, -0.05) is 0 Å². The summed E-state index contributed by atoms with van der Waals surface area (Å²) in [5, 5.41) is 0. The van der Waals surface area contributed by atoms with Gasteiger partial charge >= 0.3 is 18.4 Å². The SMILES string of the molecule is CC1(C)O[C@H]2[C@@H](O1)[C@@H](CN1C(=O)N(C(C)(C)C)C(=O)[C@H]1C(C(F)(F)F)C(F)(F)F)O[C@@H]1OC(C)(C)O[C@@H]12. The molecule has 0 spiro atoms. The summed E-state index contributed by atoms with van der Waals surface area (Å²) in [7, 11) is 0. The zero-order chi connectivity index (χ0) is 28.1. The van der Waals surface area contributed by atoms with Gasteiger partial charge in [0.1, 0.15) is 30.5 Å². The first kappa shape index (κ1) is 28.3. The predicted octanol–water partition coefficient (Wildman–Crippen LogP) is 3.56. The molecule has 0 aliphatic carbocycles. The van der Waals surface area contributed by atoms with E-state index in [0.717, 1.165) is 0 Å². The minimum Gasteiger partial charge on any atom is -0.342 e. The van der Waals surface area contributed by atoms with E-state index in [2.05, 4.69) is 0 Å². The maximum Gasteiger partial charge on any atom is 0.403 e. The number of hydrogen-bond acceptors (Lipinski definition) is 7. The average Bonchev–Trinajstić information content (AvgIpc) is 3.22. The predicted molar refractivity (Wildman–Crippen MR) is 111 cm³/mol. The van der Waals surface area contributed by atoms with Crippen LogP contribution in [0.4, 0.5) is 31.1 Å². The standard InChI is InChI=1S/C22H30F6N2O7/c1-18(2,3)30-15(31)10(14(21(23,24)25)22(26,27)28)29(17(30)32)8-9-11-12(35-19(4,5)34-11)13-16(33-9)37-20(6,7)36-13/h9-14,16H,8H2,1-7H3/t9-,10-,11+,12+,13-,16-/m1/s1. The normalized spacial score (nSPS) is 35.9. The number of rotatable bonds is 3. The van der Waals surface area contributed by atoms with E-state index < -0.39 is 90.6 Å². The molecular weight excluding hydrogens is 518 g/mol. The van der Waals surface area contributed by atoms with Crippen molar-refractivity contribution in [3.05, 3.63) is 0 Å². The Kier molecular flexibility index (Phi) is 6.44. The van der Waals surface area contributed by atoms with E-state index in [1.165, 1.54) is 20.8 Å². The maximum atomic E-state index is 13.8. The van der Waals surface area contributed by atoms with Crippen molar-refractivity contribution in [2.45, 2.75) is 115 Å². The quantitative estimate of drug-likeness (QED) is 0.394. The second-order valence-corrected chi connectivity index (χ2v) is 11.5. The highest BCUT2D eigenvalue weighted by Crippen LogP contribution is 2.48. The highest BCUT2D eigenvalue weighted by Gasteiger charge is 2.69. The molecule has 37 heavy (non-hydrogen) atoms. The second kappa shape index (κ2) is 8.41. The number of hydrogen-bond donors (Lipinski definition) is 0. The van der Waals surface area contributed by atoms with E-state index in [-0.39, 0.29) is 4.90 Å². The number of urea groups is 1. The number of amides is 3. The van der Waals surface area contributed by atoms with E-state index in [4.69, 9.17) is 23.7 Å². The van der Waals surface area contributed by atoms with Crippen molar-refractivity contribution in [3.8, 4) is 0 Å². The lowest BCUT2D eigenvalue weighted by Gasteiger charge is -2.40. The molecule has 0 radical (unpaired) electrons. The topological polar surface area (TPSA) is 86.8 Å². The molecule has 0 bridgehead atoms. The van der Waals surface area contributed by atoms with E-state index in [1.54, 1.807) is 27.7 Å². The molecule has 4 rings (SSSR count). The summed E-state index contributed by atoms with van der Waals surface area (Å²) in [6.45, 7) is 9.50. The van der Waals surface area contributed by atoms with Crippen LogP contribution >= 0.6 is 0 Å². The summed E-state index contributed by atoms with van der Waals surface area (Å²) in [6, 6.07) is -4.19. The van der Waals surface area contributed by atoms with Gasteiger partial charge in [-0.05, 0) is 48.5 Å². The molecule has 0 aromatic carbocycles. The van der Waals surface area contributed by atoms with Crippen LogP contribution in [-0.2, 0) is 28.5 Å². The highest BCUT2D eigenvalue weighted by molar-refractivity contribution is 6.05. The van der Waals surface area contributed by atoms with Crippen LogP contribution in [0.2, 0.25) is 0 Å². The highest BCUT2D eigenvalue weighted by atomic mass is 19.4. The van der Waals surface area contributed by atoms with Gasteiger partial charge in [-0.15, -0.1) is 0 Å². The molecule has 15 heteroatoms. The molecule has 3 amide bonds. The third-order valence-electron chi connectivity index (χ3n) is 6.57. The third kappa shape index (κ3) is 5.04. The molecule has 0 saturated carbocycles. The van der Waals surface area contributed by atoms with Crippen LogP contribution in [0.5, 0.6) is 0 Å². The number of halogens is 6. The Bertz CT molecular complexity index is 933. The number of carbonyl (C=O) groups is 2. The average molecular weight is 548 g/mol. The minimum atomic E-state index is -5.87. The maximum absolute atomic E-state index is 13.8. The molecule has 4 heterocycles. The van der Waals surface area contributed by atoms with Gasteiger partial charge < -0.3 is 28.6 Å². The lowest BCUT2D eigenvalue weighted by molar-refractivity contribution is -0.295.